The number of hydrogen-bond donors (Lipinski definition) is 1. The normalized spacial score (nSPS) is 12.2. The Kier molecular flexibility index (Phi) is 5.53. The van der Waals surface area contributed by atoms with Crippen LogP contribution in [0.15, 0.2) is 24.3 Å². The van der Waals surface area contributed by atoms with Crippen molar-refractivity contribution in [1.29, 1.82) is 0 Å². The fourth-order valence-corrected chi connectivity index (χ4v) is 1.91. The molecule has 0 aliphatic carbocycles. The molecule has 1 unspecified atom stereocenters. The van der Waals surface area contributed by atoms with E-state index in [0.29, 0.717) is 0 Å². The molecular weight excluding hydrogens is 266 g/mol. The molecule has 0 heterocycles. The Hall–Kier alpha value is -0.830. The van der Waals surface area contributed by atoms with E-state index >= 15 is 0 Å². The summed E-state index contributed by atoms with van der Waals surface area (Å²) in [7, 11) is 0. The average molecular weight is 284 g/mol. The number of nitrogens with one attached hydrogen (secondary N) is 1. The fourth-order valence-electron chi connectivity index (χ4n) is 1.58. The van der Waals surface area contributed by atoms with Crippen LogP contribution in [0.2, 0.25) is 0 Å². The summed E-state index contributed by atoms with van der Waals surface area (Å²) in [5.74, 6) is 0.0279. The first-order valence-electron chi connectivity index (χ1n) is 5.57. The van der Waals surface area contributed by atoms with Crippen LogP contribution in [0.4, 0.5) is 0 Å². The molecule has 0 radical (unpaired) electrons. The minimum atomic E-state index is 0.0279. The minimum absolute atomic E-state index is 0.0279. The van der Waals surface area contributed by atoms with Crippen LogP contribution in [0, 0.1) is 6.92 Å². The molecule has 1 N–H and O–H groups in total. The Balaban J connectivity index is 2.56. The molecule has 2 nitrogen and oxygen atoms in total. The number of amides is 1. The van der Waals surface area contributed by atoms with E-state index in [2.05, 4.69) is 21.2 Å². The number of carbonyl (C=O) groups excluding carboxylic acids is 1. The van der Waals surface area contributed by atoms with Gasteiger partial charge in [-0.3, -0.25) is 4.79 Å². The lowest BCUT2D eigenvalue weighted by Crippen LogP contribution is -2.32. The SMILES string of the molecule is Cc1ccccc1C(=O)NC(C)CCCBr. The van der Waals surface area contributed by atoms with Crippen molar-refractivity contribution in [3.05, 3.63) is 35.4 Å². The lowest BCUT2D eigenvalue weighted by molar-refractivity contribution is 0.0938. The minimum Gasteiger partial charge on any atom is -0.350 e. The predicted octanol–water partition coefficient (Wildman–Crippen LogP) is 3.29. The van der Waals surface area contributed by atoms with Gasteiger partial charge >= 0.3 is 0 Å². The summed E-state index contributed by atoms with van der Waals surface area (Å²) in [6.07, 6.45) is 2.08. The number of aryl methyl sites for hydroxylation is 1. The zero-order valence-electron chi connectivity index (χ0n) is 9.79. The maximum Gasteiger partial charge on any atom is 0.251 e. The van der Waals surface area contributed by atoms with Crippen LogP contribution in [0.5, 0.6) is 0 Å². The summed E-state index contributed by atoms with van der Waals surface area (Å²) in [6, 6.07) is 7.88. The van der Waals surface area contributed by atoms with Crippen LogP contribution in [0.1, 0.15) is 35.7 Å². The topological polar surface area (TPSA) is 29.1 Å². The molecule has 0 aliphatic rings. The van der Waals surface area contributed by atoms with Crippen molar-refractivity contribution in [3.63, 3.8) is 0 Å². The molecule has 0 spiro atoms. The van der Waals surface area contributed by atoms with E-state index in [0.717, 1.165) is 29.3 Å². The Morgan fingerprint density at radius 2 is 2.12 bits per heavy atom. The second-order valence-electron chi connectivity index (χ2n) is 4.02. The van der Waals surface area contributed by atoms with Gasteiger partial charge in [0.2, 0.25) is 0 Å². The molecule has 0 bridgehead atoms. The third-order valence-corrected chi connectivity index (χ3v) is 3.10. The number of rotatable bonds is 5. The zero-order chi connectivity index (χ0) is 12.0. The molecule has 0 saturated carbocycles. The monoisotopic (exact) mass is 283 g/mol. The van der Waals surface area contributed by atoms with Crippen molar-refractivity contribution in [2.75, 3.05) is 5.33 Å². The Labute approximate surface area is 106 Å². The second-order valence-corrected chi connectivity index (χ2v) is 4.81. The van der Waals surface area contributed by atoms with Crippen molar-refractivity contribution < 1.29 is 4.79 Å². The van der Waals surface area contributed by atoms with Gasteiger partial charge in [0.05, 0.1) is 0 Å². The highest BCUT2D eigenvalue weighted by Crippen LogP contribution is 2.08. The van der Waals surface area contributed by atoms with Gasteiger partial charge in [0.1, 0.15) is 0 Å². The number of alkyl halides is 1. The van der Waals surface area contributed by atoms with Crippen molar-refractivity contribution in [2.24, 2.45) is 0 Å². The van der Waals surface area contributed by atoms with E-state index in [9.17, 15) is 4.79 Å². The Bertz CT molecular complexity index is 352. The first-order valence-corrected chi connectivity index (χ1v) is 6.69. The molecule has 1 amide bonds. The molecular formula is C13H18BrNO. The summed E-state index contributed by atoms with van der Waals surface area (Å²) in [4.78, 5) is 11.9. The van der Waals surface area contributed by atoms with Crippen molar-refractivity contribution in [3.8, 4) is 0 Å². The molecule has 1 atom stereocenters. The first kappa shape index (κ1) is 13.2. The van der Waals surface area contributed by atoms with Crippen molar-refractivity contribution >= 4 is 21.8 Å². The van der Waals surface area contributed by atoms with Crippen LogP contribution < -0.4 is 5.32 Å². The maximum absolute atomic E-state index is 11.9. The van der Waals surface area contributed by atoms with Gasteiger partial charge in [-0.2, -0.15) is 0 Å². The predicted molar refractivity (Wildman–Crippen MR) is 71.1 cm³/mol. The van der Waals surface area contributed by atoms with E-state index < -0.39 is 0 Å². The lowest BCUT2D eigenvalue weighted by atomic mass is 10.1. The van der Waals surface area contributed by atoms with Crippen LogP contribution in [0.3, 0.4) is 0 Å². The van der Waals surface area contributed by atoms with Gasteiger partial charge in [-0.05, 0) is 38.3 Å². The summed E-state index contributed by atoms with van der Waals surface area (Å²) in [5, 5.41) is 4.00. The molecule has 3 heteroatoms. The molecule has 1 aromatic rings. The van der Waals surface area contributed by atoms with Gasteiger partial charge in [0.25, 0.3) is 5.91 Å². The average Bonchev–Trinajstić information content (AvgIpc) is 2.26. The smallest absolute Gasteiger partial charge is 0.251 e. The summed E-state index contributed by atoms with van der Waals surface area (Å²) in [5.41, 5.74) is 1.79. The van der Waals surface area contributed by atoms with Gasteiger partial charge in [0, 0.05) is 16.9 Å². The largest absolute Gasteiger partial charge is 0.350 e. The van der Waals surface area contributed by atoms with E-state index in [1.807, 2.05) is 38.1 Å². The summed E-state index contributed by atoms with van der Waals surface area (Å²) < 4.78 is 0. The summed E-state index contributed by atoms with van der Waals surface area (Å²) >= 11 is 3.39. The Morgan fingerprint density at radius 1 is 1.44 bits per heavy atom. The molecule has 0 aliphatic heterocycles. The fraction of sp³-hybridized carbons (Fsp3) is 0.462. The highest BCUT2D eigenvalue weighted by molar-refractivity contribution is 9.09. The van der Waals surface area contributed by atoms with Crippen LogP contribution >= 0.6 is 15.9 Å². The standard InChI is InChI=1S/C13H18BrNO/c1-10-6-3-4-8-12(10)13(16)15-11(2)7-5-9-14/h3-4,6,8,11H,5,7,9H2,1-2H3,(H,15,16). The van der Waals surface area contributed by atoms with E-state index in [1.165, 1.54) is 0 Å². The van der Waals surface area contributed by atoms with Crippen LogP contribution in [0.25, 0.3) is 0 Å². The van der Waals surface area contributed by atoms with Crippen molar-refractivity contribution in [2.45, 2.75) is 32.7 Å². The number of halogens is 1. The molecule has 1 aromatic carbocycles. The van der Waals surface area contributed by atoms with Crippen LogP contribution in [-0.4, -0.2) is 17.3 Å². The first-order chi connectivity index (χ1) is 7.65. The zero-order valence-corrected chi connectivity index (χ0v) is 11.4. The molecule has 0 saturated heterocycles. The second kappa shape index (κ2) is 6.69. The van der Waals surface area contributed by atoms with Gasteiger partial charge in [-0.1, -0.05) is 34.1 Å². The van der Waals surface area contributed by atoms with Gasteiger partial charge in [-0.25, -0.2) is 0 Å². The summed E-state index contributed by atoms with van der Waals surface area (Å²) in [6.45, 7) is 4.00. The third-order valence-electron chi connectivity index (χ3n) is 2.54. The number of benzene rings is 1. The molecule has 0 fully saturated rings. The van der Waals surface area contributed by atoms with Crippen LogP contribution in [-0.2, 0) is 0 Å². The lowest BCUT2D eigenvalue weighted by Gasteiger charge is -2.14. The third kappa shape index (κ3) is 3.97. The molecule has 0 aromatic heterocycles. The van der Waals surface area contributed by atoms with E-state index in [-0.39, 0.29) is 11.9 Å². The number of carbonyl (C=O) groups is 1. The van der Waals surface area contributed by atoms with Crippen molar-refractivity contribution in [1.82, 2.24) is 5.32 Å². The van der Waals surface area contributed by atoms with E-state index in [1.54, 1.807) is 0 Å². The quantitative estimate of drug-likeness (QED) is 0.826. The Morgan fingerprint density at radius 3 is 2.75 bits per heavy atom. The molecule has 1 rings (SSSR count). The number of hydrogen-bond acceptors (Lipinski definition) is 1. The highest BCUT2D eigenvalue weighted by atomic mass is 79.9. The van der Waals surface area contributed by atoms with E-state index in [4.69, 9.17) is 0 Å². The van der Waals surface area contributed by atoms with Gasteiger partial charge in [0.15, 0.2) is 0 Å². The molecule has 88 valence electrons. The van der Waals surface area contributed by atoms with Gasteiger partial charge < -0.3 is 5.32 Å². The maximum atomic E-state index is 11.9. The highest BCUT2D eigenvalue weighted by Gasteiger charge is 2.10. The van der Waals surface area contributed by atoms with Gasteiger partial charge in [-0.15, -0.1) is 0 Å². The molecule has 16 heavy (non-hydrogen) atoms.